The molecule has 0 heterocycles. The van der Waals surface area contributed by atoms with Gasteiger partial charge in [-0.1, -0.05) is 31.2 Å². The molecule has 0 bridgehead atoms. The monoisotopic (exact) mass is 414 g/mol. The van der Waals surface area contributed by atoms with Gasteiger partial charge in [-0.25, -0.2) is 4.79 Å². The topological polar surface area (TPSA) is 98.2 Å². The van der Waals surface area contributed by atoms with Crippen LogP contribution in [0, 0.1) is 0 Å². The van der Waals surface area contributed by atoms with Crippen LogP contribution in [0.15, 0.2) is 48.5 Å². The molecule has 2 aromatic rings. The molecule has 2 aromatic carbocycles. The van der Waals surface area contributed by atoms with E-state index in [1.165, 1.54) is 14.2 Å². The number of anilines is 2. The van der Waals surface area contributed by atoms with E-state index in [4.69, 9.17) is 9.47 Å². The SMILES string of the molecule is CCC[NH+](CC(=O)Nc1ccccc1OC)CC(=O)Nc1ccccc1C(=O)OC. The minimum absolute atomic E-state index is 0.0860. The normalized spacial score (nSPS) is 11.3. The van der Waals surface area contributed by atoms with Gasteiger partial charge < -0.3 is 25.0 Å². The van der Waals surface area contributed by atoms with E-state index < -0.39 is 5.97 Å². The zero-order chi connectivity index (χ0) is 21.9. The molecule has 0 fully saturated rings. The van der Waals surface area contributed by atoms with Crippen LogP contribution in [-0.4, -0.2) is 51.6 Å². The second-order valence-electron chi connectivity index (χ2n) is 6.69. The van der Waals surface area contributed by atoms with Gasteiger partial charge in [-0.15, -0.1) is 0 Å². The van der Waals surface area contributed by atoms with Gasteiger partial charge in [-0.2, -0.15) is 0 Å². The Kier molecular flexibility index (Phi) is 8.83. The fraction of sp³-hybridized carbons (Fsp3) is 0.318. The largest absolute Gasteiger partial charge is 0.495 e. The Morgan fingerprint density at radius 2 is 1.43 bits per heavy atom. The molecule has 3 N–H and O–H groups in total. The van der Waals surface area contributed by atoms with Crippen LogP contribution >= 0.6 is 0 Å². The van der Waals surface area contributed by atoms with Gasteiger partial charge in [-0.3, -0.25) is 9.59 Å². The number of para-hydroxylation sites is 3. The highest BCUT2D eigenvalue weighted by molar-refractivity contribution is 6.01. The number of carbonyl (C=O) groups excluding carboxylic acids is 3. The van der Waals surface area contributed by atoms with E-state index in [9.17, 15) is 14.4 Å². The number of benzene rings is 2. The van der Waals surface area contributed by atoms with Crippen molar-refractivity contribution >= 4 is 29.2 Å². The number of carbonyl (C=O) groups is 3. The van der Waals surface area contributed by atoms with Crippen molar-refractivity contribution in [1.29, 1.82) is 0 Å². The van der Waals surface area contributed by atoms with E-state index >= 15 is 0 Å². The third-order valence-electron chi connectivity index (χ3n) is 4.41. The van der Waals surface area contributed by atoms with Gasteiger partial charge in [0.05, 0.1) is 37.7 Å². The molecule has 2 rings (SSSR count). The first-order valence-electron chi connectivity index (χ1n) is 9.72. The number of methoxy groups -OCH3 is 2. The molecule has 0 aliphatic rings. The van der Waals surface area contributed by atoms with Crippen molar-refractivity contribution in [2.45, 2.75) is 13.3 Å². The summed E-state index contributed by atoms with van der Waals surface area (Å²) in [5.74, 6) is -0.467. The van der Waals surface area contributed by atoms with Crippen molar-refractivity contribution in [3.8, 4) is 5.75 Å². The number of rotatable bonds is 10. The highest BCUT2D eigenvalue weighted by atomic mass is 16.5. The fourth-order valence-electron chi connectivity index (χ4n) is 3.06. The van der Waals surface area contributed by atoms with Crippen LogP contribution in [-0.2, 0) is 14.3 Å². The van der Waals surface area contributed by atoms with Crippen LogP contribution in [0.3, 0.4) is 0 Å². The van der Waals surface area contributed by atoms with Crippen LogP contribution in [0.25, 0.3) is 0 Å². The second-order valence-corrected chi connectivity index (χ2v) is 6.69. The molecule has 1 unspecified atom stereocenters. The van der Waals surface area contributed by atoms with Gasteiger partial charge in [-0.05, 0) is 30.7 Å². The van der Waals surface area contributed by atoms with Gasteiger partial charge in [0.2, 0.25) is 0 Å². The van der Waals surface area contributed by atoms with Crippen molar-refractivity contribution in [2.24, 2.45) is 0 Å². The van der Waals surface area contributed by atoms with Crippen LogP contribution in [0.4, 0.5) is 11.4 Å². The summed E-state index contributed by atoms with van der Waals surface area (Å²) in [7, 11) is 2.82. The Hall–Kier alpha value is -3.39. The summed E-state index contributed by atoms with van der Waals surface area (Å²) in [4.78, 5) is 37.7. The van der Waals surface area contributed by atoms with E-state index in [1.54, 1.807) is 42.5 Å². The molecule has 0 radical (unpaired) electrons. The summed E-state index contributed by atoms with van der Waals surface area (Å²) in [5.41, 5.74) is 1.24. The summed E-state index contributed by atoms with van der Waals surface area (Å²) < 4.78 is 9.99. The Morgan fingerprint density at radius 3 is 2.03 bits per heavy atom. The highest BCUT2D eigenvalue weighted by Crippen LogP contribution is 2.22. The Bertz CT molecular complexity index is 885. The maximum Gasteiger partial charge on any atom is 0.339 e. The highest BCUT2D eigenvalue weighted by Gasteiger charge is 2.20. The van der Waals surface area contributed by atoms with Crippen LogP contribution in [0.1, 0.15) is 23.7 Å². The summed E-state index contributed by atoms with van der Waals surface area (Å²) in [6.45, 7) is 2.84. The minimum atomic E-state index is -0.528. The first-order chi connectivity index (χ1) is 14.5. The predicted octanol–water partition coefficient (Wildman–Crippen LogP) is 1.35. The first-order valence-corrected chi connectivity index (χ1v) is 9.72. The van der Waals surface area contributed by atoms with Gasteiger partial charge >= 0.3 is 5.97 Å². The summed E-state index contributed by atoms with van der Waals surface area (Å²) >= 11 is 0. The van der Waals surface area contributed by atoms with E-state index in [0.717, 1.165) is 11.3 Å². The summed E-state index contributed by atoms with van der Waals surface area (Å²) in [5, 5.41) is 5.57. The molecule has 0 aliphatic carbocycles. The van der Waals surface area contributed by atoms with E-state index in [2.05, 4.69) is 10.6 Å². The molecule has 0 aliphatic heterocycles. The van der Waals surface area contributed by atoms with Gasteiger partial charge in [0.15, 0.2) is 13.1 Å². The van der Waals surface area contributed by atoms with Crippen molar-refractivity contribution in [2.75, 3.05) is 44.5 Å². The zero-order valence-electron chi connectivity index (χ0n) is 17.5. The number of esters is 1. The number of nitrogens with one attached hydrogen (secondary N) is 3. The molecule has 0 saturated heterocycles. The molecule has 30 heavy (non-hydrogen) atoms. The first kappa shape index (κ1) is 22.9. The standard InChI is InChI=1S/C22H27N3O5/c1-4-13-25(15-21(27)24-18-11-7-8-12-19(18)29-2)14-20(26)23-17-10-6-5-9-16(17)22(28)30-3/h5-12H,4,13-15H2,1-3H3,(H,23,26)(H,24,27)/p+1. The Morgan fingerprint density at radius 1 is 0.867 bits per heavy atom. The average molecular weight is 414 g/mol. The lowest BCUT2D eigenvalue weighted by molar-refractivity contribution is -0.883. The van der Waals surface area contributed by atoms with Gasteiger partial charge in [0, 0.05) is 0 Å². The number of amides is 2. The second kappa shape index (κ2) is 11.6. The Balaban J connectivity index is 2.00. The van der Waals surface area contributed by atoms with E-state index in [1.807, 2.05) is 13.0 Å². The maximum absolute atomic E-state index is 12.6. The number of hydrogen-bond acceptors (Lipinski definition) is 5. The number of ether oxygens (including phenoxy) is 2. The van der Waals surface area contributed by atoms with Crippen LogP contribution < -0.4 is 20.3 Å². The number of quaternary nitrogens is 1. The third-order valence-corrected chi connectivity index (χ3v) is 4.41. The van der Waals surface area contributed by atoms with Crippen LogP contribution in [0.5, 0.6) is 5.75 Å². The average Bonchev–Trinajstić information content (AvgIpc) is 2.74. The minimum Gasteiger partial charge on any atom is -0.495 e. The molecular weight excluding hydrogens is 386 g/mol. The Labute approximate surface area is 176 Å². The lowest BCUT2D eigenvalue weighted by atomic mass is 10.2. The molecule has 8 nitrogen and oxygen atoms in total. The molecule has 0 aromatic heterocycles. The molecule has 0 spiro atoms. The van der Waals surface area contributed by atoms with E-state index in [-0.39, 0.29) is 30.5 Å². The number of hydrogen-bond donors (Lipinski definition) is 3. The quantitative estimate of drug-likeness (QED) is 0.510. The fourth-order valence-corrected chi connectivity index (χ4v) is 3.06. The van der Waals surface area contributed by atoms with Crippen molar-refractivity contribution < 1.29 is 28.8 Å². The summed E-state index contributed by atoms with van der Waals surface area (Å²) in [6.07, 6.45) is 0.809. The molecular formula is C22H28N3O5+. The van der Waals surface area contributed by atoms with Crippen LogP contribution in [0.2, 0.25) is 0 Å². The van der Waals surface area contributed by atoms with Crippen molar-refractivity contribution in [3.05, 3.63) is 54.1 Å². The van der Waals surface area contributed by atoms with Crippen molar-refractivity contribution in [3.63, 3.8) is 0 Å². The lowest BCUT2D eigenvalue weighted by Gasteiger charge is -2.19. The van der Waals surface area contributed by atoms with Crippen molar-refractivity contribution in [1.82, 2.24) is 0 Å². The smallest absolute Gasteiger partial charge is 0.339 e. The lowest BCUT2D eigenvalue weighted by Crippen LogP contribution is -3.14. The maximum atomic E-state index is 12.6. The summed E-state index contributed by atoms with van der Waals surface area (Å²) in [6, 6.07) is 13.8. The molecule has 1 atom stereocenters. The third kappa shape index (κ3) is 6.59. The molecule has 0 saturated carbocycles. The van der Waals surface area contributed by atoms with Gasteiger partial charge in [0.25, 0.3) is 11.8 Å². The predicted molar refractivity (Wildman–Crippen MR) is 114 cm³/mol. The molecule has 160 valence electrons. The van der Waals surface area contributed by atoms with E-state index in [0.29, 0.717) is 23.7 Å². The molecule has 8 heteroatoms. The van der Waals surface area contributed by atoms with Gasteiger partial charge in [0.1, 0.15) is 5.75 Å². The zero-order valence-corrected chi connectivity index (χ0v) is 17.5. The molecule has 2 amide bonds.